The molecule has 0 radical (unpaired) electrons. The Morgan fingerprint density at radius 1 is 1.06 bits per heavy atom. The Bertz CT molecular complexity index is 1620. The molecule has 166 valence electrons. The molecule has 5 rings (SSSR count). The molecule has 0 saturated heterocycles. The number of nitrogens with two attached hydrogens (primary N) is 1. The lowest BCUT2D eigenvalue weighted by Crippen LogP contribution is -2.20. The summed E-state index contributed by atoms with van der Waals surface area (Å²) in [7, 11) is 0. The topological polar surface area (TPSA) is 141 Å². The molecule has 5 aromatic rings. The quantitative estimate of drug-likeness (QED) is 0.255. The molecule has 0 amide bonds. The Balaban J connectivity index is 1.79. The van der Waals surface area contributed by atoms with E-state index in [9.17, 15) is 10.1 Å². The van der Waals surface area contributed by atoms with Gasteiger partial charge in [0.2, 0.25) is 5.95 Å². The fraction of sp³-hybridized carbons (Fsp3) is 0.0870. The van der Waals surface area contributed by atoms with E-state index in [4.69, 9.17) is 10.7 Å². The summed E-state index contributed by atoms with van der Waals surface area (Å²) in [4.78, 5) is 25.9. The molecule has 1 aromatic carbocycles. The predicted octanol–water partition coefficient (Wildman–Crippen LogP) is 2.85. The molecule has 34 heavy (non-hydrogen) atoms. The lowest BCUT2D eigenvalue weighted by Gasteiger charge is -2.12. The van der Waals surface area contributed by atoms with Gasteiger partial charge < -0.3 is 5.73 Å². The zero-order valence-corrected chi connectivity index (χ0v) is 19.8. The molecule has 10 nitrogen and oxygen atoms in total. The minimum absolute atomic E-state index is 0.137. The lowest BCUT2D eigenvalue weighted by molar-refractivity contribution is 0.712. The van der Waals surface area contributed by atoms with E-state index in [1.807, 2.05) is 24.3 Å². The third-order valence-electron chi connectivity index (χ3n) is 5.12. The van der Waals surface area contributed by atoms with Crippen molar-refractivity contribution in [1.82, 2.24) is 34.3 Å². The number of aromatic nitrogens is 7. The maximum absolute atomic E-state index is 12.2. The Morgan fingerprint density at radius 3 is 2.71 bits per heavy atom. The van der Waals surface area contributed by atoms with Gasteiger partial charge in [0.1, 0.15) is 0 Å². The first-order valence-electron chi connectivity index (χ1n) is 10.2. The molecule has 0 fully saturated rings. The summed E-state index contributed by atoms with van der Waals surface area (Å²) < 4.78 is 3.19. The van der Waals surface area contributed by atoms with Gasteiger partial charge in [0.15, 0.2) is 11.5 Å². The average Bonchev–Trinajstić information content (AvgIpc) is 3.29. The van der Waals surface area contributed by atoms with Crippen LogP contribution in [0.2, 0.25) is 0 Å². The molecule has 0 saturated carbocycles. The molecule has 0 aliphatic carbocycles. The van der Waals surface area contributed by atoms with Crippen LogP contribution in [0.1, 0.15) is 17.1 Å². The summed E-state index contributed by atoms with van der Waals surface area (Å²) in [5.41, 5.74) is 10.0. The number of halogens is 1. The highest BCUT2D eigenvalue weighted by Gasteiger charge is 2.22. The second-order valence-electron chi connectivity index (χ2n) is 7.32. The van der Waals surface area contributed by atoms with Gasteiger partial charge in [-0.2, -0.15) is 14.9 Å². The average molecular weight is 561 g/mol. The highest BCUT2D eigenvalue weighted by Crippen LogP contribution is 2.34. The largest absolute Gasteiger partial charge is 0.368 e. The first kappa shape index (κ1) is 21.7. The highest BCUT2D eigenvalue weighted by atomic mass is 127. The van der Waals surface area contributed by atoms with Gasteiger partial charge in [0.05, 0.1) is 39.6 Å². The van der Waals surface area contributed by atoms with Crippen LogP contribution < -0.4 is 11.3 Å². The molecule has 0 spiro atoms. The molecule has 11 heteroatoms. The number of anilines is 1. The minimum atomic E-state index is -0.220. The van der Waals surface area contributed by atoms with Gasteiger partial charge in [-0.05, 0) is 30.3 Å². The van der Waals surface area contributed by atoms with Crippen LogP contribution in [0.25, 0.3) is 28.2 Å². The molecule has 2 N–H and O–H groups in total. The van der Waals surface area contributed by atoms with Crippen molar-refractivity contribution in [1.29, 1.82) is 5.26 Å². The Labute approximate surface area is 206 Å². The zero-order valence-electron chi connectivity index (χ0n) is 17.6. The zero-order chi connectivity index (χ0) is 23.7. The summed E-state index contributed by atoms with van der Waals surface area (Å²) >= 11 is 2.07. The number of fused-ring (bicyclic) bond motifs is 1. The van der Waals surface area contributed by atoms with E-state index < -0.39 is 0 Å². The number of nitrogen functional groups attached to an aromatic ring is 1. The number of rotatable bonds is 5. The monoisotopic (exact) mass is 561 g/mol. The molecule has 0 aliphatic heterocycles. The summed E-state index contributed by atoms with van der Waals surface area (Å²) in [6, 6.07) is 17.9. The van der Waals surface area contributed by atoms with Crippen molar-refractivity contribution in [2.75, 3.05) is 5.73 Å². The fourth-order valence-electron chi connectivity index (χ4n) is 3.59. The Hall–Kier alpha value is -4.18. The fourth-order valence-corrected chi connectivity index (χ4v) is 4.08. The van der Waals surface area contributed by atoms with Gasteiger partial charge in [0.25, 0.3) is 5.56 Å². The van der Waals surface area contributed by atoms with E-state index in [2.05, 4.69) is 48.8 Å². The number of benzene rings is 1. The van der Waals surface area contributed by atoms with Gasteiger partial charge in [-0.3, -0.25) is 9.78 Å². The van der Waals surface area contributed by atoms with E-state index in [0.29, 0.717) is 50.5 Å². The summed E-state index contributed by atoms with van der Waals surface area (Å²) in [6.45, 7) is 0. The molecular formula is C23H16IN9O. The summed E-state index contributed by atoms with van der Waals surface area (Å²) in [6.07, 6.45) is 2.12. The molecule has 0 unspecified atom stereocenters. The number of nitriles is 1. The van der Waals surface area contributed by atoms with Gasteiger partial charge in [-0.1, -0.05) is 40.8 Å². The number of pyridine rings is 1. The molecule has 0 atom stereocenters. The van der Waals surface area contributed by atoms with Crippen LogP contribution in [0.3, 0.4) is 0 Å². The first-order chi connectivity index (χ1) is 16.6. The SMILES string of the molecule is N#Cc1cccc(-c2nc(N)n3nc(Cc4ccccn4)nc3c2-c2ccc(=O)n(CI)n2)c1. The van der Waals surface area contributed by atoms with Gasteiger partial charge in [0, 0.05) is 23.5 Å². The highest BCUT2D eigenvalue weighted by molar-refractivity contribution is 14.1. The van der Waals surface area contributed by atoms with Crippen LogP contribution in [-0.4, -0.2) is 34.3 Å². The van der Waals surface area contributed by atoms with Crippen molar-refractivity contribution < 1.29 is 0 Å². The molecule has 0 aliphatic rings. The van der Waals surface area contributed by atoms with E-state index in [1.54, 1.807) is 30.5 Å². The third-order valence-corrected chi connectivity index (χ3v) is 5.77. The third kappa shape index (κ3) is 3.99. The minimum Gasteiger partial charge on any atom is -0.368 e. The lowest BCUT2D eigenvalue weighted by atomic mass is 10.0. The van der Waals surface area contributed by atoms with Crippen molar-refractivity contribution in [3.8, 4) is 28.6 Å². The Morgan fingerprint density at radius 2 is 1.94 bits per heavy atom. The van der Waals surface area contributed by atoms with E-state index in [-0.39, 0.29) is 11.5 Å². The second kappa shape index (κ2) is 8.99. The number of hydrogen-bond acceptors (Lipinski definition) is 8. The van der Waals surface area contributed by atoms with Gasteiger partial charge in [-0.15, -0.1) is 5.10 Å². The van der Waals surface area contributed by atoms with Gasteiger partial charge in [-0.25, -0.2) is 14.6 Å². The number of hydrogen-bond donors (Lipinski definition) is 1. The molecule has 0 bridgehead atoms. The number of nitrogens with zero attached hydrogens (tertiary/aromatic N) is 8. The smallest absolute Gasteiger partial charge is 0.267 e. The standard InChI is InChI=1S/C23H16IN9O/c24-13-32-19(34)8-7-17(30-32)20-21(15-5-3-4-14(10-15)12-25)29-23(26)33-22(20)28-18(31-33)11-16-6-1-2-9-27-16/h1-10H,11,13H2,(H2,26,29). The Kier molecular flexibility index (Phi) is 5.72. The molecule has 4 aromatic heterocycles. The summed E-state index contributed by atoms with van der Waals surface area (Å²) in [5, 5.41) is 18.5. The second-order valence-corrected chi connectivity index (χ2v) is 8.01. The van der Waals surface area contributed by atoms with Crippen LogP contribution in [-0.2, 0) is 11.0 Å². The normalized spacial score (nSPS) is 10.9. The summed E-state index contributed by atoms with van der Waals surface area (Å²) in [5.74, 6) is 0.650. The van der Waals surface area contributed by atoms with Crippen molar-refractivity contribution in [2.24, 2.45) is 0 Å². The predicted molar refractivity (Wildman–Crippen MR) is 134 cm³/mol. The van der Waals surface area contributed by atoms with Gasteiger partial charge >= 0.3 is 0 Å². The van der Waals surface area contributed by atoms with E-state index in [1.165, 1.54) is 15.3 Å². The van der Waals surface area contributed by atoms with Crippen LogP contribution in [0.4, 0.5) is 5.95 Å². The van der Waals surface area contributed by atoms with Crippen LogP contribution >= 0.6 is 22.6 Å². The van der Waals surface area contributed by atoms with Crippen LogP contribution in [0.15, 0.2) is 65.6 Å². The molecular weight excluding hydrogens is 545 g/mol. The van der Waals surface area contributed by atoms with Crippen LogP contribution in [0, 0.1) is 11.3 Å². The number of alkyl halides is 1. The first-order valence-corrected chi connectivity index (χ1v) is 11.7. The van der Waals surface area contributed by atoms with Crippen molar-refractivity contribution >= 4 is 34.2 Å². The van der Waals surface area contributed by atoms with Crippen molar-refractivity contribution in [3.05, 3.63) is 88.2 Å². The van der Waals surface area contributed by atoms with Crippen molar-refractivity contribution in [2.45, 2.75) is 11.0 Å². The van der Waals surface area contributed by atoms with Crippen molar-refractivity contribution in [3.63, 3.8) is 0 Å². The van der Waals surface area contributed by atoms with E-state index in [0.717, 1.165) is 5.69 Å². The van der Waals surface area contributed by atoms with Crippen LogP contribution in [0.5, 0.6) is 0 Å². The maximum atomic E-state index is 12.2. The van der Waals surface area contributed by atoms with E-state index >= 15 is 0 Å². The molecule has 4 heterocycles. The maximum Gasteiger partial charge on any atom is 0.267 e.